The molecule has 0 aromatic rings. The van der Waals surface area contributed by atoms with Crippen molar-refractivity contribution in [1.82, 2.24) is 10.2 Å². The molecule has 1 N–H and O–H groups in total. The number of piperidine rings is 1. The Bertz CT molecular complexity index is 276. The molecular weight excluding hydrogens is 248 g/mol. The van der Waals surface area contributed by atoms with Crippen molar-refractivity contribution >= 4 is 0 Å². The summed E-state index contributed by atoms with van der Waals surface area (Å²) in [4.78, 5) is 2.64. The van der Waals surface area contributed by atoms with Crippen LogP contribution in [-0.2, 0) is 4.74 Å². The number of hydrogen-bond donors (Lipinski definition) is 1. The van der Waals surface area contributed by atoms with Crippen LogP contribution in [0.4, 0.5) is 0 Å². The Kier molecular flexibility index (Phi) is 6.31. The van der Waals surface area contributed by atoms with Gasteiger partial charge in [0.2, 0.25) is 0 Å². The molecule has 0 spiro atoms. The van der Waals surface area contributed by atoms with E-state index in [9.17, 15) is 0 Å². The zero-order valence-electron chi connectivity index (χ0n) is 13.8. The van der Waals surface area contributed by atoms with Gasteiger partial charge in [-0.15, -0.1) is 0 Å². The highest BCUT2D eigenvalue weighted by atomic mass is 16.5. The third-order valence-electron chi connectivity index (χ3n) is 5.30. The standard InChI is InChI=1S/C17H34N2O/c1-4-17(3)14-16(8-13-20-17)18-9-5-10-19-11-6-15(2)7-12-19/h15-16,18H,4-14H2,1-3H3. The lowest BCUT2D eigenvalue weighted by Gasteiger charge is -2.38. The second-order valence-corrected chi connectivity index (χ2v) is 7.17. The summed E-state index contributed by atoms with van der Waals surface area (Å²) in [5.74, 6) is 0.943. The molecule has 0 bridgehead atoms. The Hall–Kier alpha value is -0.120. The largest absolute Gasteiger partial charge is 0.375 e. The SMILES string of the molecule is CCC1(C)CC(NCCCN2CCC(C)CC2)CCO1. The molecule has 2 unspecified atom stereocenters. The molecule has 0 radical (unpaired) electrons. The van der Waals surface area contributed by atoms with Gasteiger partial charge in [-0.2, -0.15) is 0 Å². The van der Waals surface area contributed by atoms with Crippen LogP contribution >= 0.6 is 0 Å². The lowest BCUT2D eigenvalue weighted by Crippen LogP contribution is -2.45. The minimum Gasteiger partial charge on any atom is -0.375 e. The van der Waals surface area contributed by atoms with Gasteiger partial charge in [0.05, 0.1) is 5.60 Å². The second-order valence-electron chi connectivity index (χ2n) is 7.17. The van der Waals surface area contributed by atoms with Gasteiger partial charge in [0.25, 0.3) is 0 Å². The molecule has 118 valence electrons. The fraction of sp³-hybridized carbons (Fsp3) is 1.00. The summed E-state index contributed by atoms with van der Waals surface area (Å²) in [7, 11) is 0. The van der Waals surface area contributed by atoms with Gasteiger partial charge >= 0.3 is 0 Å². The molecule has 2 saturated heterocycles. The average molecular weight is 282 g/mol. The Balaban J connectivity index is 1.57. The third-order valence-corrected chi connectivity index (χ3v) is 5.30. The minimum absolute atomic E-state index is 0.110. The van der Waals surface area contributed by atoms with Crippen LogP contribution in [0.5, 0.6) is 0 Å². The minimum atomic E-state index is 0.110. The molecule has 0 amide bonds. The molecule has 2 aliphatic heterocycles. The summed E-state index contributed by atoms with van der Waals surface area (Å²) in [5, 5.41) is 3.75. The van der Waals surface area contributed by atoms with E-state index in [0.717, 1.165) is 25.5 Å². The van der Waals surface area contributed by atoms with Crippen molar-refractivity contribution < 1.29 is 4.74 Å². The first kappa shape index (κ1) is 16.3. The summed E-state index contributed by atoms with van der Waals surface area (Å²) < 4.78 is 5.91. The summed E-state index contributed by atoms with van der Waals surface area (Å²) in [6.07, 6.45) is 7.54. The van der Waals surface area contributed by atoms with Gasteiger partial charge in [0, 0.05) is 12.6 Å². The lowest BCUT2D eigenvalue weighted by molar-refractivity contribution is -0.0779. The second kappa shape index (κ2) is 7.77. The topological polar surface area (TPSA) is 24.5 Å². The van der Waals surface area contributed by atoms with Crippen molar-refractivity contribution in [3.63, 3.8) is 0 Å². The molecule has 3 heteroatoms. The first-order valence-corrected chi connectivity index (χ1v) is 8.71. The fourth-order valence-corrected chi connectivity index (χ4v) is 3.44. The van der Waals surface area contributed by atoms with Gasteiger partial charge < -0.3 is 15.0 Å². The quantitative estimate of drug-likeness (QED) is 0.758. The van der Waals surface area contributed by atoms with Crippen molar-refractivity contribution in [2.75, 3.05) is 32.8 Å². The molecule has 0 aliphatic carbocycles. The molecule has 2 rings (SSSR count). The number of nitrogens with zero attached hydrogens (tertiary/aromatic N) is 1. The van der Waals surface area contributed by atoms with Gasteiger partial charge in [0.15, 0.2) is 0 Å². The van der Waals surface area contributed by atoms with Crippen molar-refractivity contribution in [1.29, 1.82) is 0 Å². The van der Waals surface area contributed by atoms with Crippen LogP contribution in [0.3, 0.4) is 0 Å². The van der Waals surface area contributed by atoms with Gasteiger partial charge in [-0.3, -0.25) is 0 Å². The molecule has 20 heavy (non-hydrogen) atoms. The van der Waals surface area contributed by atoms with Crippen LogP contribution in [0.2, 0.25) is 0 Å². The van der Waals surface area contributed by atoms with Crippen LogP contribution in [0, 0.1) is 5.92 Å². The van der Waals surface area contributed by atoms with Gasteiger partial charge in [0.1, 0.15) is 0 Å². The summed E-state index contributed by atoms with van der Waals surface area (Å²) in [6.45, 7) is 12.9. The number of hydrogen-bond acceptors (Lipinski definition) is 3. The number of rotatable bonds is 6. The van der Waals surface area contributed by atoms with Crippen LogP contribution in [0.1, 0.15) is 59.3 Å². The highest BCUT2D eigenvalue weighted by molar-refractivity contribution is 4.85. The molecule has 2 fully saturated rings. The van der Waals surface area contributed by atoms with E-state index in [-0.39, 0.29) is 5.60 Å². The van der Waals surface area contributed by atoms with Crippen LogP contribution in [-0.4, -0.2) is 49.3 Å². The maximum atomic E-state index is 5.91. The van der Waals surface area contributed by atoms with E-state index in [2.05, 4.69) is 31.0 Å². The van der Waals surface area contributed by atoms with Crippen molar-refractivity contribution in [2.24, 2.45) is 5.92 Å². The lowest BCUT2D eigenvalue weighted by atomic mass is 9.90. The monoisotopic (exact) mass is 282 g/mol. The zero-order valence-corrected chi connectivity index (χ0v) is 13.8. The van der Waals surface area contributed by atoms with Gasteiger partial charge in [-0.25, -0.2) is 0 Å². The summed E-state index contributed by atoms with van der Waals surface area (Å²) in [5.41, 5.74) is 0.110. The number of ether oxygens (including phenoxy) is 1. The van der Waals surface area contributed by atoms with Gasteiger partial charge in [-0.05, 0) is 77.5 Å². The van der Waals surface area contributed by atoms with Crippen molar-refractivity contribution in [3.8, 4) is 0 Å². The van der Waals surface area contributed by atoms with E-state index in [1.807, 2.05) is 0 Å². The van der Waals surface area contributed by atoms with E-state index in [0.29, 0.717) is 6.04 Å². The summed E-state index contributed by atoms with van der Waals surface area (Å²) in [6, 6.07) is 0.662. The maximum Gasteiger partial charge on any atom is 0.0666 e. The van der Waals surface area contributed by atoms with Gasteiger partial charge in [-0.1, -0.05) is 13.8 Å². The predicted octanol–water partition coefficient (Wildman–Crippen LogP) is 3.05. The Morgan fingerprint density at radius 3 is 2.70 bits per heavy atom. The Labute approximate surface area is 125 Å². The van der Waals surface area contributed by atoms with Crippen LogP contribution < -0.4 is 5.32 Å². The first-order chi connectivity index (χ1) is 9.61. The summed E-state index contributed by atoms with van der Waals surface area (Å²) >= 11 is 0. The van der Waals surface area contributed by atoms with E-state index < -0.39 is 0 Å². The van der Waals surface area contributed by atoms with E-state index in [1.54, 1.807) is 0 Å². The Morgan fingerprint density at radius 2 is 2.00 bits per heavy atom. The Morgan fingerprint density at radius 1 is 1.25 bits per heavy atom. The predicted molar refractivity (Wildman–Crippen MR) is 85.1 cm³/mol. The van der Waals surface area contributed by atoms with Crippen molar-refractivity contribution in [2.45, 2.75) is 70.9 Å². The van der Waals surface area contributed by atoms with E-state index in [4.69, 9.17) is 4.74 Å². The number of nitrogens with one attached hydrogen (secondary N) is 1. The van der Waals surface area contributed by atoms with E-state index >= 15 is 0 Å². The van der Waals surface area contributed by atoms with Crippen molar-refractivity contribution in [3.05, 3.63) is 0 Å². The molecule has 2 aliphatic rings. The fourth-order valence-electron chi connectivity index (χ4n) is 3.44. The molecule has 0 saturated carbocycles. The first-order valence-electron chi connectivity index (χ1n) is 8.71. The smallest absolute Gasteiger partial charge is 0.0666 e. The molecule has 2 heterocycles. The molecule has 0 aromatic carbocycles. The normalized spacial score (nSPS) is 33.5. The van der Waals surface area contributed by atoms with Crippen LogP contribution in [0.15, 0.2) is 0 Å². The molecule has 2 atom stereocenters. The van der Waals surface area contributed by atoms with E-state index in [1.165, 1.54) is 51.7 Å². The molecule has 0 aromatic heterocycles. The maximum absolute atomic E-state index is 5.91. The highest BCUT2D eigenvalue weighted by Crippen LogP contribution is 2.27. The highest BCUT2D eigenvalue weighted by Gasteiger charge is 2.31. The average Bonchev–Trinajstić information content (AvgIpc) is 2.46. The zero-order chi connectivity index (χ0) is 14.4. The molecule has 3 nitrogen and oxygen atoms in total. The third kappa shape index (κ3) is 5.01. The number of likely N-dealkylation sites (tertiary alicyclic amines) is 1. The molecular formula is C17H34N2O. The van der Waals surface area contributed by atoms with Crippen LogP contribution in [0.25, 0.3) is 0 Å².